The molecule has 1 aliphatic rings. The first-order valence-electron chi connectivity index (χ1n) is 6.15. The van der Waals surface area contributed by atoms with Gasteiger partial charge < -0.3 is 24.8 Å². The maximum absolute atomic E-state index is 11.9. The first-order chi connectivity index (χ1) is 10.2. The number of hydrogen-bond acceptors (Lipinski definition) is 8. The summed E-state index contributed by atoms with van der Waals surface area (Å²) in [6.07, 6.45) is -7.43. The number of hydrogen-bond donors (Lipinski definition) is 3. The highest BCUT2D eigenvalue weighted by molar-refractivity contribution is 8.05. The van der Waals surface area contributed by atoms with E-state index in [1.165, 1.54) is 12.3 Å². The number of nitrogens with one attached hydrogen (secondary N) is 1. The lowest BCUT2D eigenvalue weighted by Crippen LogP contribution is -2.36. The molecule has 1 fully saturated rings. The van der Waals surface area contributed by atoms with Gasteiger partial charge in [0.15, 0.2) is 6.23 Å². The van der Waals surface area contributed by atoms with Gasteiger partial charge in [0.25, 0.3) is 0 Å². The topological polar surface area (TPSA) is 123 Å². The van der Waals surface area contributed by atoms with Gasteiger partial charge in [0.2, 0.25) is 0 Å². The lowest BCUT2D eigenvalue weighted by atomic mass is 10.1. The molecule has 1 aromatic rings. The van der Waals surface area contributed by atoms with Crippen molar-refractivity contribution in [2.75, 3.05) is 19.0 Å². The van der Waals surface area contributed by atoms with Crippen molar-refractivity contribution in [1.82, 2.24) is 9.55 Å². The Bertz CT molecular complexity index is 637. The summed E-state index contributed by atoms with van der Waals surface area (Å²) in [5, 5.41) is 22.6. The number of aliphatic hydroxyl groups is 2. The molecule has 0 amide bonds. The Morgan fingerprint density at radius 3 is 2.73 bits per heavy atom. The number of nitrogens with zero attached hydrogens (tertiary/aromatic N) is 2. The van der Waals surface area contributed by atoms with Gasteiger partial charge in [-0.25, -0.2) is 4.79 Å². The Morgan fingerprint density at radius 2 is 2.18 bits per heavy atom. The molecule has 0 saturated carbocycles. The molecule has 1 aliphatic heterocycles. The fraction of sp³-hybridized carbons (Fsp3) is 0.600. The van der Waals surface area contributed by atoms with E-state index in [4.69, 9.17) is 27.2 Å². The van der Waals surface area contributed by atoms with E-state index >= 15 is 0 Å². The number of aromatic nitrogens is 2. The second kappa shape index (κ2) is 6.84. The van der Waals surface area contributed by atoms with Crippen molar-refractivity contribution in [2.24, 2.45) is 0 Å². The zero-order chi connectivity index (χ0) is 16.5. The van der Waals surface area contributed by atoms with Crippen molar-refractivity contribution >= 4 is 34.4 Å². The minimum atomic E-state index is -3.79. The largest absolute Gasteiger partial charge is 0.387 e. The highest BCUT2D eigenvalue weighted by atomic mass is 35.9. The molecule has 1 aromatic heterocycles. The molecular weight excluding hydrogens is 360 g/mol. The Hall–Kier alpha value is -0.670. The van der Waals surface area contributed by atoms with Gasteiger partial charge in [-0.15, -0.1) is 0 Å². The molecule has 0 aliphatic carbocycles. The van der Waals surface area contributed by atoms with Gasteiger partial charge in [0.1, 0.15) is 24.1 Å². The summed E-state index contributed by atoms with van der Waals surface area (Å²) in [6, 6.07) is 1.50. The fourth-order valence-electron chi connectivity index (χ4n) is 2.00. The lowest BCUT2D eigenvalue weighted by Gasteiger charge is -2.17. The maximum atomic E-state index is 11.9. The molecule has 0 spiro atoms. The van der Waals surface area contributed by atoms with Gasteiger partial charge in [0.05, 0.1) is 6.61 Å². The van der Waals surface area contributed by atoms with Crippen molar-refractivity contribution in [3.8, 4) is 0 Å². The molecule has 4 atom stereocenters. The summed E-state index contributed by atoms with van der Waals surface area (Å²) in [6.45, 7) is -0.407. The van der Waals surface area contributed by atoms with Crippen LogP contribution in [0.15, 0.2) is 17.1 Å². The van der Waals surface area contributed by atoms with Crippen LogP contribution in [0.25, 0.3) is 0 Å². The molecule has 0 aromatic carbocycles. The van der Waals surface area contributed by atoms with Crippen LogP contribution >= 0.6 is 28.6 Å². The molecule has 0 unspecified atom stereocenters. The number of halogens is 2. The van der Waals surface area contributed by atoms with E-state index in [1.807, 2.05) is 0 Å². The van der Waals surface area contributed by atoms with Crippen LogP contribution in [-0.2, 0) is 13.8 Å². The third-order valence-corrected chi connectivity index (χ3v) is 4.12. The number of rotatable bonds is 5. The summed E-state index contributed by atoms with van der Waals surface area (Å²) in [5.41, 5.74) is -0.676. The van der Waals surface area contributed by atoms with Gasteiger partial charge in [-0.05, 0) is 28.5 Å². The van der Waals surface area contributed by atoms with E-state index in [0.29, 0.717) is 5.82 Å². The number of aliphatic hydroxyl groups excluding tert-OH is 2. The first-order valence-corrected chi connectivity index (χ1v) is 9.59. The number of ether oxygens (including phenoxy) is 1. The predicted octanol–water partition coefficient (Wildman–Crippen LogP) is 0.506. The molecule has 124 valence electrons. The van der Waals surface area contributed by atoms with Crippen LogP contribution in [0.5, 0.6) is 0 Å². The average molecular weight is 374 g/mol. The summed E-state index contributed by atoms with van der Waals surface area (Å²) in [7, 11) is 1.60. The van der Waals surface area contributed by atoms with E-state index in [1.54, 1.807) is 7.05 Å². The molecule has 12 heteroatoms. The summed E-state index contributed by atoms with van der Waals surface area (Å²) in [5.74, 6) is 0.347. The predicted molar refractivity (Wildman–Crippen MR) is 79.2 cm³/mol. The van der Waals surface area contributed by atoms with E-state index < -0.39 is 42.9 Å². The van der Waals surface area contributed by atoms with Crippen molar-refractivity contribution in [3.05, 3.63) is 22.7 Å². The molecule has 1 saturated heterocycles. The van der Waals surface area contributed by atoms with Crippen LogP contribution in [0.4, 0.5) is 5.82 Å². The van der Waals surface area contributed by atoms with E-state index in [-0.39, 0.29) is 0 Å². The van der Waals surface area contributed by atoms with Gasteiger partial charge in [0, 0.05) is 13.2 Å². The third kappa shape index (κ3) is 3.99. The van der Waals surface area contributed by atoms with E-state index in [9.17, 15) is 19.6 Å². The molecule has 22 heavy (non-hydrogen) atoms. The summed E-state index contributed by atoms with van der Waals surface area (Å²) in [4.78, 5) is 15.6. The van der Waals surface area contributed by atoms with Gasteiger partial charge in [-0.2, -0.15) is 4.98 Å². The lowest BCUT2D eigenvalue weighted by molar-refractivity contribution is -0.0506. The van der Waals surface area contributed by atoms with Crippen LogP contribution in [0, 0.1) is 0 Å². The average Bonchev–Trinajstić information content (AvgIpc) is 2.72. The van der Waals surface area contributed by atoms with Gasteiger partial charge in [-0.3, -0.25) is 9.13 Å². The second-order valence-electron chi connectivity index (χ2n) is 4.51. The Morgan fingerprint density at radius 1 is 1.50 bits per heavy atom. The minimum absolute atomic E-state index is 0.347. The van der Waals surface area contributed by atoms with Crippen LogP contribution < -0.4 is 11.0 Å². The fourth-order valence-corrected chi connectivity index (χ4v) is 2.66. The maximum Gasteiger partial charge on any atom is 0.380 e. The van der Waals surface area contributed by atoms with Gasteiger partial charge >= 0.3 is 11.8 Å². The molecule has 3 N–H and O–H groups in total. The van der Waals surface area contributed by atoms with E-state index in [0.717, 1.165) is 4.57 Å². The monoisotopic (exact) mass is 373 g/mol. The van der Waals surface area contributed by atoms with Crippen LogP contribution in [0.2, 0.25) is 0 Å². The highest BCUT2D eigenvalue weighted by Crippen LogP contribution is 2.57. The molecule has 2 heterocycles. The molecule has 2 rings (SSSR count). The molecule has 0 radical (unpaired) electrons. The second-order valence-corrected chi connectivity index (χ2v) is 8.79. The minimum Gasteiger partial charge on any atom is -0.387 e. The molecule has 9 nitrogen and oxygen atoms in total. The molecular formula is C10H14Cl2N3O6P. The van der Waals surface area contributed by atoms with Crippen molar-refractivity contribution in [2.45, 2.75) is 24.5 Å². The zero-order valence-corrected chi connectivity index (χ0v) is 13.7. The third-order valence-electron chi connectivity index (χ3n) is 3.09. The summed E-state index contributed by atoms with van der Waals surface area (Å²) >= 11 is 10.5. The Balaban J connectivity index is 2.16. The zero-order valence-electron chi connectivity index (χ0n) is 11.3. The van der Waals surface area contributed by atoms with Gasteiger partial charge in [-0.1, -0.05) is 0 Å². The normalized spacial score (nSPS) is 28.8. The first kappa shape index (κ1) is 17.7. The van der Waals surface area contributed by atoms with Crippen LogP contribution in [0.1, 0.15) is 6.23 Å². The van der Waals surface area contributed by atoms with Crippen LogP contribution in [0.3, 0.4) is 0 Å². The number of anilines is 1. The SMILES string of the molecule is CNc1ccn([C@@H]2O[C@H](COP(=O)(Cl)Cl)[C@H](O)[C@@H]2O)c(=O)n1. The smallest absolute Gasteiger partial charge is 0.380 e. The standard InChI is InChI=1S/C10H14Cl2N3O6P/c1-13-6-2-3-15(10(18)14-6)9-8(17)7(16)5(21-9)4-20-22(11,12)19/h2-3,5,7-9,16-17H,4H2,1H3,(H,13,14,18)/t5-,7+,8+,9-/m1/s1. The Kier molecular flexibility index (Phi) is 5.50. The van der Waals surface area contributed by atoms with Crippen LogP contribution in [-0.4, -0.2) is 51.7 Å². The van der Waals surface area contributed by atoms with Crippen molar-refractivity contribution in [1.29, 1.82) is 0 Å². The Labute approximate surface area is 134 Å². The van der Waals surface area contributed by atoms with E-state index in [2.05, 4.69) is 14.8 Å². The summed E-state index contributed by atoms with van der Waals surface area (Å²) < 4.78 is 22.1. The van der Waals surface area contributed by atoms with Crippen molar-refractivity contribution in [3.63, 3.8) is 0 Å². The highest BCUT2D eigenvalue weighted by Gasteiger charge is 2.44. The van der Waals surface area contributed by atoms with Crippen molar-refractivity contribution < 1.29 is 24.0 Å². The molecule has 0 bridgehead atoms. The quantitative estimate of drug-likeness (QED) is 0.637.